The van der Waals surface area contributed by atoms with Gasteiger partial charge in [-0.2, -0.15) is 0 Å². The molecular weight excluding hydrogens is 236 g/mol. The minimum Gasteiger partial charge on any atom is -0.337 e. The number of piperazine rings is 1. The molecule has 1 atom stereocenters. The number of hydrogen-bond donors (Lipinski definition) is 0. The fourth-order valence-corrected chi connectivity index (χ4v) is 3.13. The molecule has 0 aromatic heterocycles. The highest BCUT2D eigenvalue weighted by atomic mass is 16.2. The van der Waals surface area contributed by atoms with Crippen molar-refractivity contribution in [2.45, 2.75) is 38.3 Å². The van der Waals surface area contributed by atoms with Crippen LogP contribution in [0.4, 0.5) is 0 Å². The maximum absolute atomic E-state index is 11.8. The highest BCUT2D eigenvalue weighted by molar-refractivity contribution is 5.73. The summed E-state index contributed by atoms with van der Waals surface area (Å²) in [5.41, 5.74) is 1.33. The molecule has 1 aliphatic carbocycles. The van der Waals surface area contributed by atoms with Crippen LogP contribution in [0.15, 0.2) is 30.3 Å². The smallest absolute Gasteiger partial charge is 0.219 e. The van der Waals surface area contributed by atoms with Crippen LogP contribution < -0.4 is 0 Å². The SMILES string of the molecule is CC(=O)N1CCN(C2CC2)C[C@@H]1Cc1ccccc1. The minimum atomic E-state index is 0.219. The summed E-state index contributed by atoms with van der Waals surface area (Å²) in [6.07, 6.45) is 3.67. The fourth-order valence-electron chi connectivity index (χ4n) is 3.13. The van der Waals surface area contributed by atoms with Crippen molar-refractivity contribution in [1.82, 2.24) is 9.80 Å². The molecule has 1 heterocycles. The summed E-state index contributed by atoms with van der Waals surface area (Å²) in [6, 6.07) is 11.7. The van der Waals surface area contributed by atoms with Crippen LogP contribution in [0.1, 0.15) is 25.3 Å². The van der Waals surface area contributed by atoms with Gasteiger partial charge in [-0.05, 0) is 24.8 Å². The van der Waals surface area contributed by atoms with E-state index in [-0.39, 0.29) is 5.91 Å². The monoisotopic (exact) mass is 258 g/mol. The van der Waals surface area contributed by atoms with Crippen LogP contribution in [0.3, 0.4) is 0 Å². The van der Waals surface area contributed by atoms with Gasteiger partial charge in [-0.3, -0.25) is 9.69 Å². The predicted octanol–water partition coefficient (Wildman–Crippen LogP) is 1.92. The molecule has 2 aliphatic rings. The number of rotatable bonds is 3. The molecule has 1 saturated carbocycles. The first-order valence-electron chi connectivity index (χ1n) is 7.29. The van der Waals surface area contributed by atoms with E-state index in [0.717, 1.165) is 32.1 Å². The van der Waals surface area contributed by atoms with Gasteiger partial charge in [0.2, 0.25) is 5.91 Å². The normalized spacial score (nSPS) is 24.5. The molecule has 0 spiro atoms. The highest BCUT2D eigenvalue weighted by Crippen LogP contribution is 2.29. The van der Waals surface area contributed by atoms with Gasteiger partial charge in [-0.25, -0.2) is 0 Å². The van der Waals surface area contributed by atoms with Crippen LogP contribution in [0.25, 0.3) is 0 Å². The van der Waals surface area contributed by atoms with E-state index >= 15 is 0 Å². The largest absolute Gasteiger partial charge is 0.337 e. The van der Waals surface area contributed by atoms with E-state index in [1.165, 1.54) is 18.4 Å². The number of hydrogen-bond acceptors (Lipinski definition) is 2. The van der Waals surface area contributed by atoms with E-state index in [4.69, 9.17) is 0 Å². The maximum Gasteiger partial charge on any atom is 0.219 e. The Kier molecular flexibility index (Phi) is 3.56. The lowest BCUT2D eigenvalue weighted by Crippen LogP contribution is -2.55. The first-order chi connectivity index (χ1) is 9.24. The zero-order valence-corrected chi connectivity index (χ0v) is 11.6. The molecule has 19 heavy (non-hydrogen) atoms. The molecule has 0 radical (unpaired) electrons. The number of nitrogens with zero attached hydrogens (tertiary/aromatic N) is 2. The fraction of sp³-hybridized carbons (Fsp3) is 0.562. The van der Waals surface area contributed by atoms with Crippen molar-refractivity contribution in [2.24, 2.45) is 0 Å². The summed E-state index contributed by atoms with van der Waals surface area (Å²) in [7, 11) is 0. The lowest BCUT2D eigenvalue weighted by molar-refractivity contribution is -0.133. The molecule has 1 amide bonds. The quantitative estimate of drug-likeness (QED) is 0.827. The Morgan fingerprint density at radius 2 is 1.95 bits per heavy atom. The second kappa shape index (κ2) is 5.33. The molecule has 1 saturated heterocycles. The summed E-state index contributed by atoms with van der Waals surface area (Å²) in [4.78, 5) is 16.4. The van der Waals surface area contributed by atoms with Crippen LogP contribution in [-0.2, 0) is 11.2 Å². The molecular formula is C16H22N2O. The van der Waals surface area contributed by atoms with Gasteiger partial charge in [0.15, 0.2) is 0 Å². The van der Waals surface area contributed by atoms with E-state index in [2.05, 4.69) is 34.1 Å². The predicted molar refractivity (Wildman–Crippen MR) is 75.9 cm³/mol. The molecule has 1 aromatic carbocycles. The Hall–Kier alpha value is -1.35. The van der Waals surface area contributed by atoms with Crippen LogP contribution in [0, 0.1) is 0 Å². The third-order valence-electron chi connectivity index (χ3n) is 4.30. The summed E-state index contributed by atoms with van der Waals surface area (Å²) in [5, 5.41) is 0. The van der Waals surface area contributed by atoms with Crippen molar-refractivity contribution in [3.63, 3.8) is 0 Å². The van der Waals surface area contributed by atoms with E-state index in [1.54, 1.807) is 6.92 Å². The molecule has 3 rings (SSSR count). The first-order valence-corrected chi connectivity index (χ1v) is 7.29. The zero-order valence-electron chi connectivity index (χ0n) is 11.6. The molecule has 102 valence electrons. The number of benzene rings is 1. The van der Waals surface area contributed by atoms with Crippen molar-refractivity contribution in [2.75, 3.05) is 19.6 Å². The van der Waals surface area contributed by atoms with Gasteiger partial charge in [-0.1, -0.05) is 30.3 Å². The van der Waals surface area contributed by atoms with Crippen molar-refractivity contribution >= 4 is 5.91 Å². The Morgan fingerprint density at radius 3 is 2.58 bits per heavy atom. The maximum atomic E-state index is 11.8. The summed E-state index contributed by atoms with van der Waals surface area (Å²) >= 11 is 0. The third kappa shape index (κ3) is 2.98. The molecule has 3 heteroatoms. The molecule has 1 aliphatic heterocycles. The number of carbonyl (C=O) groups excluding carboxylic acids is 1. The summed E-state index contributed by atoms with van der Waals surface area (Å²) in [6.45, 7) is 4.68. The van der Waals surface area contributed by atoms with Crippen LogP contribution in [0.5, 0.6) is 0 Å². The van der Waals surface area contributed by atoms with Gasteiger partial charge in [0.1, 0.15) is 0 Å². The first kappa shape index (κ1) is 12.7. The van der Waals surface area contributed by atoms with E-state index in [9.17, 15) is 4.79 Å². The number of carbonyl (C=O) groups is 1. The van der Waals surface area contributed by atoms with Gasteiger partial charge >= 0.3 is 0 Å². The van der Waals surface area contributed by atoms with Gasteiger partial charge < -0.3 is 4.90 Å². The zero-order chi connectivity index (χ0) is 13.2. The Morgan fingerprint density at radius 1 is 1.21 bits per heavy atom. The second-order valence-electron chi connectivity index (χ2n) is 5.78. The van der Waals surface area contributed by atoms with E-state index < -0.39 is 0 Å². The number of amides is 1. The van der Waals surface area contributed by atoms with Crippen LogP contribution in [0.2, 0.25) is 0 Å². The lowest BCUT2D eigenvalue weighted by atomic mass is 10.0. The molecule has 1 aromatic rings. The molecule has 3 nitrogen and oxygen atoms in total. The molecule has 0 bridgehead atoms. The van der Waals surface area contributed by atoms with Crippen molar-refractivity contribution in [3.8, 4) is 0 Å². The summed E-state index contributed by atoms with van der Waals surface area (Å²) in [5.74, 6) is 0.219. The van der Waals surface area contributed by atoms with Gasteiger partial charge in [-0.15, -0.1) is 0 Å². The Bertz CT molecular complexity index is 441. The second-order valence-corrected chi connectivity index (χ2v) is 5.78. The van der Waals surface area contributed by atoms with Crippen LogP contribution in [-0.4, -0.2) is 47.4 Å². The standard InChI is InChI=1S/C16H22N2O/c1-13(19)18-10-9-17(15-7-8-15)12-16(18)11-14-5-3-2-4-6-14/h2-6,15-16H,7-12H2,1H3/t16-/m0/s1. The van der Waals surface area contributed by atoms with E-state index in [1.807, 2.05) is 6.07 Å². The molecule has 0 N–H and O–H groups in total. The van der Waals surface area contributed by atoms with Crippen molar-refractivity contribution in [1.29, 1.82) is 0 Å². The lowest BCUT2D eigenvalue weighted by Gasteiger charge is -2.41. The highest BCUT2D eigenvalue weighted by Gasteiger charge is 2.36. The van der Waals surface area contributed by atoms with Crippen molar-refractivity contribution in [3.05, 3.63) is 35.9 Å². The van der Waals surface area contributed by atoms with Crippen molar-refractivity contribution < 1.29 is 4.79 Å². The Labute approximate surface area is 115 Å². The van der Waals surface area contributed by atoms with Crippen LogP contribution >= 0.6 is 0 Å². The average molecular weight is 258 g/mol. The Balaban J connectivity index is 1.71. The van der Waals surface area contributed by atoms with Gasteiger partial charge in [0.05, 0.1) is 0 Å². The summed E-state index contributed by atoms with van der Waals surface area (Å²) < 4.78 is 0. The molecule has 0 unspecified atom stereocenters. The van der Waals surface area contributed by atoms with Gasteiger partial charge in [0.25, 0.3) is 0 Å². The minimum absolute atomic E-state index is 0.219. The third-order valence-corrected chi connectivity index (χ3v) is 4.30. The van der Waals surface area contributed by atoms with E-state index in [0.29, 0.717) is 6.04 Å². The average Bonchev–Trinajstić information content (AvgIpc) is 3.24. The van der Waals surface area contributed by atoms with Gasteiger partial charge in [0, 0.05) is 38.6 Å². The topological polar surface area (TPSA) is 23.6 Å². The molecule has 2 fully saturated rings.